The van der Waals surface area contributed by atoms with Gasteiger partial charge in [0.1, 0.15) is 13.1 Å². The standard InChI is InChI=1S/C13H21N3O5/c1-2-9(3-4-12(19)20)5-6-14-13(21)16-7-10(17)15-11(18)8-16/h9H,2-8H2,1H3,(H,14,21)(H,19,20)(H,15,17,18). The summed E-state index contributed by atoms with van der Waals surface area (Å²) in [7, 11) is 0. The number of amides is 4. The monoisotopic (exact) mass is 299 g/mol. The molecule has 3 N–H and O–H groups in total. The normalized spacial score (nSPS) is 16.3. The highest BCUT2D eigenvalue weighted by Gasteiger charge is 2.26. The number of nitrogens with zero attached hydrogens (tertiary/aromatic N) is 1. The van der Waals surface area contributed by atoms with Gasteiger partial charge in [0.2, 0.25) is 11.8 Å². The van der Waals surface area contributed by atoms with Gasteiger partial charge in [-0.15, -0.1) is 0 Å². The molecule has 0 spiro atoms. The number of hydrogen-bond donors (Lipinski definition) is 3. The molecule has 8 heteroatoms. The number of rotatable bonds is 7. The van der Waals surface area contributed by atoms with E-state index in [1.165, 1.54) is 0 Å². The lowest BCUT2D eigenvalue weighted by Crippen LogP contribution is -2.55. The molecule has 1 atom stereocenters. The first-order valence-corrected chi connectivity index (χ1v) is 6.99. The molecule has 118 valence electrons. The average Bonchev–Trinajstić information content (AvgIpc) is 2.41. The van der Waals surface area contributed by atoms with Crippen molar-refractivity contribution in [2.75, 3.05) is 19.6 Å². The second-order valence-corrected chi connectivity index (χ2v) is 5.05. The van der Waals surface area contributed by atoms with Gasteiger partial charge in [0.25, 0.3) is 0 Å². The lowest BCUT2D eigenvalue weighted by molar-refractivity contribution is -0.137. The molecule has 0 aromatic heterocycles. The van der Waals surface area contributed by atoms with Crippen LogP contribution in [-0.2, 0) is 14.4 Å². The number of carboxylic acid groups (broad SMARTS) is 1. The first-order valence-electron chi connectivity index (χ1n) is 6.99. The van der Waals surface area contributed by atoms with Crippen LogP contribution in [0, 0.1) is 5.92 Å². The molecule has 1 saturated heterocycles. The zero-order valence-electron chi connectivity index (χ0n) is 12.1. The van der Waals surface area contributed by atoms with E-state index in [1.807, 2.05) is 6.92 Å². The SMILES string of the molecule is CCC(CCNC(=O)N1CC(=O)NC(=O)C1)CCC(=O)O. The number of hydrogen-bond acceptors (Lipinski definition) is 4. The molecule has 1 unspecified atom stereocenters. The van der Waals surface area contributed by atoms with Crippen LogP contribution in [0.3, 0.4) is 0 Å². The largest absolute Gasteiger partial charge is 0.481 e. The average molecular weight is 299 g/mol. The number of urea groups is 1. The molecular weight excluding hydrogens is 278 g/mol. The second kappa shape index (κ2) is 8.23. The molecule has 1 heterocycles. The van der Waals surface area contributed by atoms with E-state index in [2.05, 4.69) is 10.6 Å². The Hall–Kier alpha value is -2.12. The lowest BCUT2D eigenvalue weighted by Gasteiger charge is -2.26. The summed E-state index contributed by atoms with van der Waals surface area (Å²) in [4.78, 5) is 45.8. The van der Waals surface area contributed by atoms with Crippen molar-refractivity contribution in [2.45, 2.75) is 32.6 Å². The number of piperazine rings is 1. The molecule has 0 aliphatic carbocycles. The van der Waals surface area contributed by atoms with E-state index in [0.717, 1.165) is 11.3 Å². The van der Waals surface area contributed by atoms with Crippen molar-refractivity contribution in [2.24, 2.45) is 5.92 Å². The van der Waals surface area contributed by atoms with E-state index in [4.69, 9.17) is 5.11 Å². The van der Waals surface area contributed by atoms with Gasteiger partial charge in [0, 0.05) is 13.0 Å². The van der Waals surface area contributed by atoms with Gasteiger partial charge >= 0.3 is 12.0 Å². The number of aliphatic carboxylic acids is 1. The Bertz CT molecular complexity index is 408. The predicted molar refractivity (Wildman–Crippen MR) is 73.4 cm³/mol. The summed E-state index contributed by atoms with van der Waals surface area (Å²) in [5, 5.41) is 13.4. The van der Waals surface area contributed by atoms with E-state index in [0.29, 0.717) is 19.4 Å². The van der Waals surface area contributed by atoms with Crippen molar-refractivity contribution in [1.29, 1.82) is 0 Å². The molecule has 1 fully saturated rings. The van der Waals surface area contributed by atoms with Gasteiger partial charge in [0.15, 0.2) is 0 Å². The van der Waals surface area contributed by atoms with Crippen LogP contribution in [0.15, 0.2) is 0 Å². The second-order valence-electron chi connectivity index (χ2n) is 5.05. The summed E-state index contributed by atoms with van der Waals surface area (Å²) in [5.41, 5.74) is 0. The van der Waals surface area contributed by atoms with Gasteiger partial charge in [-0.3, -0.25) is 19.7 Å². The van der Waals surface area contributed by atoms with Crippen LogP contribution in [0.25, 0.3) is 0 Å². The van der Waals surface area contributed by atoms with Crippen LogP contribution in [0.2, 0.25) is 0 Å². The minimum absolute atomic E-state index is 0.118. The van der Waals surface area contributed by atoms with Gasteiger partial charge in [-0.1, -0.05) is 13.3 Å². The van der Waals surface area contributed by atoms with Crippen LogP contribution in [0.4, 0.5) is 4.79 Å². The quantitative estimate of drug-likeness (QED) is 0.569. The van der Waals surface area contributed by atoms with Crippen LogP contribution < -0.4 is 10.6 Å². The topological polar surface area (TPSA) is 116 Å². The molecule has 0 aromatic rings. The van der Waals surface area contributed by atoms with Crippen LogP contribution >= 0.6 is 0 Å². The molecule has 0 bridgehead atoms. The highest BCUT2D eigenvalue weighted by Crippen LogP contribution is 2.14. The predicted octanol–water partition coefficient (Wildman–Crippen LogP) is -0.0645. The van der Waals surface area contributed by atoms with Gasteiger partial charge in [-0.25, -0.2) is 4.79 Å². The fourth-order valence-electron chi connectivity index (χ4n) is 2.16. The summed E-state index contributed by atoms with van der Waals surface area (Å²) >= 11 is 0. The molecule has 1 aliphatic rings. The number of nitrogens with one attached hydrogen (secondary N) is 2. The fraction of sp³-hybridized carbons (Fsp3) is 0.692. The molecule has 0 saturated carbocycles. The summed E-state index contributed by atoms with van der Waals surface area (Å²) < 4.78 is 0. The third kappa shape index (κ3) is 6.24. The third-order valence-corrected chi connectivity index (χ3v) is 3.41. The van der Waals surface area contributed by atoms with E-state index in [9.17, 15) is 19.2 Å². The lowest BCUT2D eigenvalue weighted by atomic mass is 9.97. The van der Waals surface area contributed by atoms with Gasteiger partial charge < -0.3 is 15.3 Å². The Labute approximate surface area is 122 Å². The Morgan fingerprint density at radius 2 is 1.90 bits per heavy atom. The minimum Gasteiger partial charge on any atom is -0.481 e. The Balaban J connectivity index is 2.30. The summed E-state index contributed by atoms with van der Waals surface area (Å²) in [6.07, 6.45) is 2.21. The first-order chi connectivity index (χ1) is 9.92. The summed E-state index contributed by atoms with van der Waals surface area (Å²) in [5.74, 6) is -1.58. The zero-order valence-corrected chi connectivity index (χ0v) is 12.1. The van der Waals surface area contributed by atoms with E-state index in [-0.39, 0.29) is 25.4 Å². The van der Waals surface area contributed by atoms with Gasteiger partial charge in [0.05, 0.1) is 0 Å². The highest BCUT2D eigenvalue weighted by molar-refractivity contribution is 6.02. The van der Waals surface area contributed by atoms with Crippen LogP contribution in [0.1, 0.15) is 32.6 Å². The van der Waals surface area contributed by atoms with Crippen LogP contribution in [0.5, 0.6) is 0 Å². The van der Waals surface area contributed by atoms with Crippen molar-refractivity contribution >= 4 is 23.8 Å². The third-order valence-electron chi connectivity index (χ3n) is 3.41. The van der Waals surface area contributed by atoms with Gasteiger partial charge in [-0.05, 0) is 18.8 Å². The number of imide groups is 1. The first kappa shape index (κ1) is 16.9. The number of carboxylic acids is 1. The number of carbonyl (C=O) groups excluding carboxylic acids is 3. The van der Waals surface area contributed by atoms with Crippen molar-refractivity contribution in [3.63, 3.8) is 0 Å². The maximum Gasteiger partial charge on any atom is 0.318 e. The van der Waals surface area contributed by atoms with Crippen molar-refractivity contribution < 1.29 is 24.3 Å². The Morgan fingerprint density at radius 1 is 1.29 bits per heavy atom. The molecule has 1 rings (SSSR count). The minimum atomic E-state index is -0.824. The fourth-order valence-corrected chi connectivity index (χ4v) is 2.16. The Kier molecular flexibility index (Phi) is 6.64. The molecule has 4 amide bonds. The molecular formula is C13H21N3O5. The van der Waals surface area contributed by atoms with Crippen molar-refractivity contribution in [3.05, 3.63) is 0 Å². The maximum absolute atomic E-state index is 11.8. The van der Waals surface area contributed by atoms with Crippen LogP contribution in [-0.4, -0.2) is 53.5 Å². The van der Waals surface area contributed by atoms with E-state index in [1.54, 1.807) is 0 Å². The maximum atomic E-state index is 11.8. The zero-order chi connectivity index (χ0) is 15.8. The molecule has 0 aromatic carbocycles. The highest BCUT2D eigenvalue weighted by atomic mass is 16.4. The molecule has 8 nitrogen and oxygen atoms in total. The smallest absolute Gasteiger partial charge is 0.318 e. The molecule has 1 aliphatic heterocycles. The number of carbonyl (C=O) groups is 4. The van der Waals surface area contributed by atoms with Gasteiger partial charge in [-0.2, -0.15) is 0 Å². The Morgan fingerprint density at radius 3 is 2.43 bits per heavy atom. The van der Waals surface area contributed by atoms with E-state index < -0.39 is 23.8 Å². The van der Waals surface area contributed by atoms with Crippen molar-refractivity contribution in [1.82, 2.24) is 15.5 Å². The van der Waals surface area contributed by atoms with E-state index >= 15 is 0 Å². The van der Waals surface area contributed by atoms with Crippen molar-refractivity contribution in [3.8, 4) is 0 Å². The summed E-state index contributed by atoms with van der Waals surface area (Å²) in [6.45, 7) is 2.10. The summed E-state index contributed by atoms with van der Waals surface area (Å²) in [6, 6.07) is -0.453. The molecule has 21 heavy (non-hydrogen) atoms. The molecule has 0 radical (unpaired) electrons.